The zero-order valence-corrected chi connectivity index (χ0v) is 16.6. The van der Waals surface area contributed by atoms with E-state index in [2.05, 4.69) is 56.1 Å². The number of benzene rings is 2. The number of nitriles is 1. The first kappa shape index (κ1) is 20.7. The summed E-state index contributed by atoms with van der Waals surface area (Å²) in [5, 5.41) is 12.1. The molecule has 4 heteroatoms. The first-order chi connectivity index (χ1) is 12.9. The third-order valence-electron chi connectivity index (χ3n) is 4.69. The van der Waals surface area contributed by atoms with E-state index >= 15 is 0 Å². The van der Waals surface area contributed by atoms with Crippen molar-refractivity contribution in [3.8, 4) is 6.07 Å². The van der Waals surface area contributed by atoms with Gasteiger partial charge in [-0.3, -0.25) is 9.69 Å². The van der Waals surface area contributed by atoms with Crippen LogP contribution in [0.5, 0.6) is 0 Å². The lowest BCUT2D eigenvalue weighted by Gasteiger charge is -2.28. The van der Waals surface area contributed by atoms with Gasteiger partial charge in [0.2, 0.25) is 5.91 Å². The molecule has 142 valence electrons. The fraction of sp³-hybridized carbons (Fsp3) is 0.391. The summed E-state index contributed by atoms with van der Waals surface area (Å²) in [7, 11) is 0. The molecule has 0 aromatic heterocycles. The van der Waals surface area contributed by atoms with Crippen LogP contribution in [0.15, 0.2) is 54.6 Å². The lowest BCUT2D eigenvalue weighted by molar-refractivity contribution is -0.123. The van der Waals surface area contributed by atoms with Crippen LogP contribution in [0.4, 0.5) is 0 Å². The van der Waals surface area contributed by atoms with Crippen LogP contribution in [0, 0.1) is 17.2 Å². The molecule has 0 aliphatic rings. The van der Waals surface area contributed by atoms with Crippen molar-refractivity contribution in [2.24, 2.45) is 5.92 Å². The number of hydrogen-bond acceptors (Lipinski definition) is 3. The van der Waals surface area contributed by atoms with Gasteiger partial charge in [-0.25, -0.2) is 0 Å². The van der Waals surface area contributed by atoms with Gasteiger partial charge in [-0.05, 0) is 43.0 Å². The van der Waals surface area contributed by atoms with Gasteiger partial charge in [-0.1, -0.05) is 56.3 Å². The Hall–Kier alpha value is -2.64. The highest BCUT2D eigenvalue weighted by molar-refractivity contribution is 5.78. The highest BCUT2D eigenvalue weighted by Crippen LogP contribution is 2.21. The fourth-order valence-corrected chi connectivity index (χ4v) is 3.04. The molecule has 0 aliphatic heterocycles. The largest absolute Gasteiger partial charge is 0.348 e. The van der Waals surface area contributed by atoms with Gasteiger partial charge in [-0.2, -0.15) is 5.26 Å². The van der Waals surface area contributed by atoms with Crippen molar-refractivity contribution in [2.45, 2.75) is 46.3 Å². The van der Waals surface area contributed by atoms with Gasteiger partial charge < -0.3 is 5.32 Å². The molecule has 2 rings (SSSR count). The lowest BCUT2D eigenvalue weighted by Crippen LogP contribution is -2.42. The molecule has 0 aliphatic carbocycles. The maximum absolute atomic E-state index is 12.7. The average molecular weight is 364 g/mol. The van der Waals surface area contributed by atoms with Gasteiger partial charge in [0.1, 0.15) is 0 Å². The normalized spacial score (nSPS) is 12.2. The van der Waals surface area contributed by atoms with Crippen LogP contribution >= 0.6 is 0 Å². The van der Waals surface area contributed by atoms with Crippen molar-refractivity contribution >= 4 is 5.91 Å². The first-order valence-electron chi connectivity index (χ1n) is 9.48. The summed E-state index contributed by atoms with van der Waals surface area (Å²) < 4.78 is 0. The number of hydrogen-bond donors (Lipinski definition) is 1. The highest BCUT2D eigenvalue weighted by Gasteiger charge is 2.21. The molecule has 0 saturated carbocycles. The van der Waals surface area contributed by atoms with Crippen LogP contribution in [0.3, 0.4) is 0 Å². The molecule has 1 atom stereocenters. The molecule has 0 heterocycles. The van der Waals surface area contributed by atoms with E-state index in [0.29, 0.717) is 24.6 Å². The summed E-state index contributed by atoms with van der Waals surface area (Å²) in [6.45, 7) is 9.44. The number of rotatable bonds is 8. The third kappa shape index (κ3) is 6.23. The molecule has 2 aromatic carbocycles. The fourth-order valence-electron chi connectivity index (χ4n) is 3.04. The zero-order valence-electron chi connectivity index (χ0n) is 16.6. The van der Waals surface area contributed by atoms with Crippen molar-refractivity contribution < 1.29 is 4.79 Å². The van der Waals surface area contributed by atoms with Gasteiger partial charge in [0.15, 0.2) is 0 Å². The third-order valence-corrected chi connectivity index (χ3v) is 4.69. The topological polar surface area (TPSA) is 56.1 Å². The minimum absolute atomic E-state index is 0.00243. The summed E-state index contributed by atoms with van der Waals surface area (Å²) >= 11 is 0. The van der Waals surface area contributed by atoms with Crippen LogP contribution in [0.25, 0.3) is 0 Å². The molecule has 0 bridgehead atoms. The SMILES string of the molecule is CC(C)C(NC(=O)CN(Cc1ccc(C#N)cc1)C(C)C)c1ccccc1. The average Bonchev–Trinajstić information content (AvgIpc) is 2.66. The van der Waals surface area contributed by atoms with Crippen molar-refractivity contribution in [3.63, 3.8) is 0 Å². The maximum atomic E-state index is 12.7. The van der Waals surface area contributed by atoms with E-state index in [1.165, 1.54) is 0 Å². The minimum atomic E-state index is 0.00243. The molecule has 0 spiro atoms. The predicted molar refractivity (Wildman–Crippen MR) is 109 cm³/mol. The Morgan fingerprint density at radius 1 is 1.04 bits per heavy atom. The molecular weight excluding hydrogens is 334 g/mol. The predicted octanol–water partition coefficient (Wildman–Crippen LogP) is 4.28. The second-order valence-corrected chi connectivity index (χ2v) is 7.51. The Labute approximate surface area is 162 Å². The summed E-state index contributed by atoms with van der Waals surface area (Å²) in [5.41, 5.74) is 2.87. The molecular formula is C23H29N3O. The van der Waals surface area contributed by atoms with Crippen LogP contribution in [0.1, 0.15) is 50.4 Å². The van der Waals surface area contributed by atoms with Crippen LogP contribution in [-0.2, 0) is 11.3 Å². The quantitative estimate of drug-likeness (QED) is 0.761. The highest BCUT2D eigenvalue weighted by atomic mass is 16.2. The van der Waals surface area contributed by atoms with Gasteiger partial charge in [0.05, 0.1) is 24.2 Å². The van der Waals surface area contributed by atoms with E-state index in [0.717, 1.165) is 11.1 Å². The standard InChI is InChI=1S/C23H29N3O/c1-17(2)23(21-8-6-5-7-9-21)25-22(27)16-26(18(3)4)15-20-12-10-19(14-24)11-13-20/h5-13,17-18,23H,15-16H2,1-4H3,(H,25,27). The van der Waals surface area contributed by atoms with E-state index in [4.69, 9.17) is 5.26 Å². The maximum Gasteiger partial charge on any atom is 0.234 e. The molecule has 0 radical (unpaired) electrons. The molecule has 27 heavy (non-hydrogen) atoms. The first-order valence-corrected chi connectivity index (χ1v) is 9.48. The van der Waals surface area contributed by atoms with Crippen molar-refractivity contribution in [3.05, 3.63) is 71.3 Å². The van der Waals surface area contributed by atoms with Crippen LogP contribution in [-0.4, -0.2) is 23.4 Å². The zero-order chi connectivity index (χ0) is 19.8. The van der Waals surface area contributed by atoms with Gasteiger partial charge in [0, 0.05) is 12.6 Å². The second kappa shape index (κ2) is 9.89. The lowest BCUT2D eigenvalue weighted by atomic mass is 9.96. The van der Waals surface area contributed by atoms with E-state index < -0.39 is 0 Å². The number of amides is 1. The van der Waals surface area contributed by atoms with E-state index in [9.17, 15) is 4.79 Å². The number of carbonyl (C=O) groups is 1. The smallest absolute Gasteiger partial charge is 0.234 e. The molecule has 1 amide bonds. The summed E-state index contributed by atoms with van der Waals surface area (Å²) in [4.78, 5) is 14.9. The van der Waals surface area contributed by atoms with Gasteiger partial charge in [-0.15, -0.1) is 0 Å². The Bertz CT molecular complexity index is 760. The Balaban J connectivity index is 2.04. The molecule has 0 fully saturated rings. The second-order valence-electron chi connectivity index (χ2n) is 7.51. The minimum Gasteiger partial charge on any atom is -0.348 e. The summed E-state index contributed by atoms with van der Waals surface area (Å²) in [6, 6.07) is 20.0. The molecule has 0 saturated heterocycles. The molecule has 1 N–H and O–H groups in total. The number of nitrogens with zero attached hydrogens (tertiary/aromatic N) is 2. The van der Waals surface area contributed by atoms with E-state index in [1.54, 1.807) is 0 Å². The molecule has 2 aromatic rings. The van der Waals surface area contributed by atoms with Crippen molar-refractivity contribution in [1.29, 1.82) is 5.26 Å². The van der Waals surface area contributed by atoms with Gasteiger partial charge in [0.25, 0.3) is 0 Å². The molecule has 1 unspecified atom stereocenters. The van der Waals surface area contributed by atoms with E-state index in [-0.39, 0.29) is 18.0 Å². The van der Waals surface area contributed by atoms with Gasteiger partial charge >= 0.3 is 0 Å². The Kier molecular flexibility index (Phi) is 7.57. The van der Waals surface area contributed by atoms with Crippen LogP contribution in [0.2, 0.25) is 0 Å². The monoisotopic (exact) mass is 363 g/mol. The summed E-state index contributed by atoms with van der Waals surface area (Å²) in [5.74, 6) is 0.335. The molecule has 4 nitrogen and oxygen atoms in total. The van der Waals surface area contributed by atoms with E-state index in [1.807, 2.05) is 42.5 Å². The number of nitrogens with one attached hydrogen (secondary N) is 1. The Morgan fingerprint density at radius 2 is 1.67 bits per heavy atom. The summed E-state index contributed by atoms with van der Waals surface area (Å²) in [6.07, 6.45) is 0. The van der Waals surface area contributed by atoms with Crippen molar-refractivity contribution in [1.82, 2.24) is 10.2 Å². The number of carbonyl (C=O) groups excluding carboxylic acids is 1. The Morgan fingerprint density at radius 3 is 2.19 bits per heavy atom. The van der Waals surface area contributed by atoms with Crippen LogP contribution < -0.4 is 5.32 Å². The van der Waals surface area contributed by atoms with Crippen molar-refractivity contribution in [2.75, 3.05) is 6.54 Å².